The van der Waals surface area contributed by atoms with Crippen LogP contribution in [0.25, 0.3) is 0 Å². The van der Waals surface area contributed by atoms with E-state index < -0.39 is 0 Å². The SMILES string of the molecule is CC(Cc1ccc(Br)cc1)Nc1ccn(C)n1. The Morgan fingerprint density at radius 1 is 1.29 bits per heavy atom. The molecule has 2 rings (SSSR count). The van der Waals surface area contributed by atoms with Gasteiger partial charge < -0.3 is 5.32 Å². The number of hydrogen-bond acceptors (Lipinski definition) is 2. The summed E-state index contributed by atoms with van der Waals surface area (Å²) in [6.07, 6.45) is 2.93. The van der Waals surface area contributed by atoms with E-state index in [1.165, 1.54) is 5.56 Å². The van der Waals surface area contributed by atoms with Gasteiger partial charge in [0.05, 0.1) is 0 Å². The summed E-state index contributed by atoms with van der Waals surface area (Å²) in [6, 6.07) is 10.8. The van der Waals surface area contributed by atoms with Gasteiger partial charge in [-0.15, -0.1) is 0 Å². The van der Waals surface area contributed by atoms with Gasteiger partial charge in [0.25, 0.3) is 0 Å². The molecular formula is C13H16BrN3. The average molecular weight is 294 g/mol. The van der Waals surface area contributed by atoms with E-state index in [-0.39, 0.29) is 0 Å². The highest BCUT2D eigenvalue weighted by atomic mass is 79.9. The zero-order valence-corrected chi connectivity index (χ0v) is 11.6. The average Bonchev–Trinajstić information content (AvgIpc) is 2.67. The molecular weight excluding hydrogens is 278 g/mol. The van der Waals surface area contributed by atoms with Gasteiger partial charge in [0.15, 0.2) is 0 Å². The number of hydrogen-bond donors (Lipinski definition) is 1. The highest BCUT2D eigenvalue weighted by Gasteiger charge is 2.05. The van der Waals surface area contributed by atoms with Crippen molar-refractivity contribution >= 4 is 21.7 Å². The van der Waals surface area contributed by atoms with Crippen molar-refractivity contribution in [1.82, 2.24) is 9.78 Å². The molecule has 0 radical (unpaired) electrons. The van der Waals surface area contributed by atoms with Gasteiger partial charge in [-0.25, -0.2) is 0 Å². The maximum Gasteiger partial charge on any atom is 0.148 e. The molecule has 2 aromatic rings. The van der Waals surface area contributed by atoms with Crippen LogP contribution in [0.15, 0.2) is 41.0 Å². The van der Waals surface area contributed by atoms with Crippen molar-refractivity contribution in [1.29, 1.82) is 0 Å². The van der Waals surface area contributed by atoms with Crippen LogP contribution in [-0.2, 0) is 13.5 Å². The van der Waals surface area contributed by atoms with Crippen LogP contribution < -0.4 is 5.32 Å². The first-order valence-electron chi connectivity index (χ1n) is 5.64. The van der Waals surface area contributed by atoms with Crippen molar-refractivity contribution in [3.63, 3.8) is 0 Å². The maximum absolute atomic E-state index is 4.30. The van der Waals surface area contributed by atoms with Crippen LogP contribution in [-0.4, -0.2) is 15.8 Å². The number of aryl methyl sites for hydroxylation is 1. The van der Waals surface area contributed by atoms with Crippen molar-refractivity contribution in [2.75, 3.05) is 5.32 Å². The lowest BCUT2D eigenvalue weighted by Gasteiger charge is -2.13. The minimum absolute atomic E-state index is 0.367. The second-order valence-corrected chi connectivity index (χ2v) is 5.17. The first-order chi connectivity index (χ1) is 8.13. The molecule has 0 spiro atoms. The Bertz CT molecular complexity index is 476. The van der Waals surface area contributed by atoms with Crippen molar-refractivity contribution in [3.05, 3.63) is 46.6 Å². The van der Waals surface area contributed by atoms with Crippen LogP contribution in [0.4, 0.5) is 5.82 Å². The fraction of sp³-hybridized carbons (Fsp3) is 0.308. The second kappa shape index (κ2) is 5.36. The Hall–Kier alpha value is -1.29. The largest absolute Gasteiger partial charge is 0.366 e. The molecule has 0 fully saturated rings. The molecule has 0 aliphatic rings. The fourth-order valence-corrected chi connectivity index (χ4v) is 2.03. The molecule has 1 N–H and O–H groups in total. The number of aromatic nitrogens is 2. The molecule has 0 amide bonds. The van der Waals surface area contributed by atoms with E-state index in [9.17, 15) is 0 Å². The van der Waals surface area contributed by atoms with E-state index in [2.05, 4.69) is 57.5 Å². The van der Waals surface area contributed by atoms with Gasteiger partial charge in [-0.3, -0.25) is 4.68 Å². The van der Waals surface area contributed by atoms with Gasteiger partial charge >= 0.3 is 0 Å². The van der Waals surface area contributed by atoms with Crippen LogP contribution in [0.1, 0.15) is 12.5 Å². The Morgan fingerprint density at radius 3 is 2.59 bits per heavy atom. The lowest BCUT2D eigenvalue weighted by molar-refractivity contribution is 0.745. The van der Waals surface area contributed by atoms with Crippen LogP contribution in [0.2, 0.25) is 0 Å². The summed E-state index contributed by atoms with van der Waals surface area (Å²) in [5.41, 5.74) is 1.32. The predicted molar refractivity (Wildman–Crippen MR) is 74.1 cm³/mol. The Morgan fingerprint density at radius 2 is 2.00 bits per heavy atom. The number of nitrogens with zero attached hydrogens (tertiary/aromatic N) is 2. The van der Waals surface area contributed by atoms with E-state index in [4.69, 9.17) is 0 Å². The third-order valence-corrected chi connectivity index (χ3v) is 3.09. The van der Waals surface area contributed by atoms with Crippen molar-refractivity contribution in [2.45, 2.75) is 19.4 Å². The molecule has 0 aliphatic carbocycles. The minimum atomic E-state index is 0.367. The lowest BCUT2D eigenvalue weighted by Crippen LogP contribution is -2.18. The standard InChI is InChI=1S/C13H16BrN3/c1-10(15-13-7-8-17(2)16-13)9-11-3-5-12(14)6-4-11/h3-8,10H,9H2,1-2H3,(H,15,16). The summed E-state index contributed by atoms with van der Waals surface area (Å²) in [5, 5.41) is 7.69. The zero-order valence-electron chi connectivity index (χ0n) is 10.0. The van der Waals surface area contributed by atoms with E-state index in [0.717, 1.165) is 16.7 Å². The Labute approximate surface area is 110 Å². The number of nitrogens with one attached hydrogen (secondary N) is 1. The van der Waals surface area contributed by atoms with E-state index >= 15 is 0 Å². The molecule has 1 heterocycles. The third-order valence-electron chi connectivity index (χ3n) is 2.56. The molecule has 0 saturated carbocycles. The van der Waals surface area contributed by atoms with Crippen molar-refractivity contribution in [3.8, 4) is 0 Å². The zero-order chi connectivity index (χ0) is 12.3. The van der Waals surface area contributed by atoms with Crippen LogP contribution in [0.3, 0.4) is 0 Å². The van der Waals surface area contributed by atoms with Gasteiger partial charge in [-0.1, -0.05) is 28.1 Å². The number of anilines is 1. The molecule has 1 aromatic carbocycles. The maximum atomic E-state index is 4.30. The van der Waals surface area contributed by atoms with Gasteiger partial charge in [-0.2, -0.15) is 5.10 Å². The van der Waals surface area contributed by atoms with Crippen LogP contribution in [0, 0.1) is 0 Å². The number of rotatable bonds is 4. The molecule has 3 nitrogen and oxygen atoms in total. The van der Waals surface area contributed by atoms with E-state index in [1.54, 1.807) is 4.68 Å². The summed E-state index contributed by atoms with van der Waals surface area (Å²) in [6.45, 7) is 2.16. The topological polar surface area (TPSA) is 29.9 Å². The van der Waals surface area contributed by atoms with Crippen molar-refractivity contribution in [2.24, 2.45) is 7.05 Å². The van der Waals surface area contributed by atoms with Gasteiger partial charge in [-0.05, 0) is 31.0 Å². The number of halogens is 1. The monoisotopic (exact) mass is 293 g/mol. The molecule has 90 valence electrons. The Kier molecular flexibility index (Phi) is 3.84. The van der Waals surface area contributed by atoms with Crippen LogP contribution in [0.5, 0.6) is 0 Å². The molecule has 0 bridgehead atoms. The fourth-order valence-electron chi connectivity index (χ4n) is 1.77. The van der Waals surface area contributed by atoms with Crippen molar-refractivity contribution < 1.29 is 0 Å². The van der Waals surface area contributed by atoms with E-state index in [1.807, 2.05) is 19.3 Å². The van der Waals surface area contributed by atoms with Gasteiger partial charge in [0.1, 0.15) is 5.82 Å². The molecule has 1 atom stereocenters. The first kappa shape index (κ1) is 12.2. The summed E-state index contributed by atoms with van der Waals surface area (Å²) in [7, 11) is 1.92. The Balaban J connectivity index is 1.93. The summed E-state index contributed by atoms with van der Waals surface area (Å²) in [4.78, 5) is 0. The quantitative estimate of drug-likeness (QED) is 0.938. The molecule has 17 heavy (non-hydrogen) atoms. The molecule has 0 saturated heterocycles. The molecule has 0 aliphatic heterocycles. The minimum Gasteiger partial charge on any atom is -0.366 e. The van der Waals surface area contributed by atoms with Gasteiger partial charge in [0, 0.05) is 29.8 Å². The molecule has 4 heteroatoms. The summed E-state index contributed by atoms with van der Waals surface area (Å²) in [5.74, 6) is 0.928. The second-order valence-electron chi connectivity index (χ2n) is 4.25. The highest BCUT2D eigenvalue weighted by molar-refractivity contribution is 9.10. The smallest absolute Gasteiger partial charge is 0.148 e. The summed E-state index contributed by atoms with van der Waals surface area (Å²) < 4.78 is 2.92. The normalized spacial score (nSPS) is 12.4. The van der Waals surface area contributed by atoms with Crippen LogP contribution >= 0.6 is 15.9 Å². The number of benzene rings is 1. The summed E-state index contributed by atoms with van der Waals surface area (Å²) >= 11 is 3.44. The van der Waals surface area contributed by atoms with E-state index in [0.29, 0.717) is 6.04 Å². The lowest BCUT2D eigenvalue weighted by atomic mass is 10.1. The first-order valence-corrected chi connectivity index (χ1v) is 6.43. The third kappa shape index (κ3) is 3.60. The predicted octanol–water partition coefficient (Wildman–Crippen LogP) is 3.23. The molecule has 1 aromatic heterocycles. The van der Waals surface area contributed by atoms with Gasteiger partial charge in [0.2, 0.25) is 0 Å². The highest BCUT2D eigenvalue weighted by Crippen LogP contribution is 2.13. The molecule has 1 unspecified atom stereocenters.